The second kappa shape index (κ2) is 4.50. The number of para-hydroxylation sites is 1. The molecule has 0 saturated carbocycles. The van der Waals surface area contributed by atoms with E-state index in [4.69, 9.17) is 5.73 Å². The number of nitrogens with two attached hydrogens (primary N) is 1. The lowest BCUT2D eigenvalue weighted by Gasteiger charge is -2.10. The van der Waals surface area contributed by atoms with Gasteiger partial charge < -0.3 is 5.73 Å². The summed E-state index contributed by atoms with van der Waals surface area (Å²) < 4.78 is 0. The lowest BCUT2D eigenvalue weighted by atomic mass is 10.1. The highest BCUT2D eigenvalue weighted by molar-refractivity contribution is 5.78. The Bertz CT molecular complexity index is 667. The number of pyridine rings is 1. The molecule has 1 atom stereocenters. The highest BCUT2D eigenvalue weighted by atomic mass is 14.9. The van der Waals surface area contributed by atoms with Gasteiger partial charge in [0.15, 0.2) is 0 Å². The Morgan fingerprint density at radius 3 is 2.67 bits per heavy atom. The molecular weight excluding hydrogens is 224 g/mol. The summed E-state index contributed by atoms with van der Waals surface area (Å²) in [5.74, 6) is 0. The van der Waals surface area contributed by atoms with E-state index < -0.39 is 0 Å². The molecule has 0 bridgehead atoms. The van der Waals surface area contributed by atoms with Crippen LogP contribution < -0.4 is 5.73 Å². The van der Waals surface area contributed by atoms with Gasteiger partial charge in [-0.05, 0) is 12.1 Å². The molecule has 0 spiro atoms. The summed E-state index contributed by atoms with van der Waals surface area (Å²) in [5, 5.41) is 1.10. The van der Waals surface area contributed by atoms with Crippen molar-refractivity contribution >= 4 is 10.9 Å². The zero-order valence-corrected chi connectivity index (χ0v) is 9.69. The largest absolute Gasteiger partial charge is 0.318 e. The summed E-state index contributed by atoms with van der Waals surface area (Å²) >= 11 is 0. The van der Waals surface area contributed by atoms with Gasteiger partial charge in [-0.25, -0.2) is 0 Å². The molecule has 1 aromatic carbocycles. The van der Waals surface area contributed by atoms with Crippen LogP contribution in [0, 0.1) is 0 Å². The lowest BCUT2D eigenvalue weighted by molar-refractivity contribution is 0.791. The molecule has 3 aromatic rings. The molecule has 4 heteroatoms. The second-order valence-corrected chi connectivity index (χ2v) is 4.04. The molecule has 0 fully saturated rings. The highest BCUT2D eigenvalue weighted by Gasteiger charge is 2.12. The fourth-order valence-electron chi connectivity index (χ4n) is 1.88. The summed E-state index contributed by atoms with van der Waals surface area (Å²) in [7, 11) is 0. The van der Waals surface area contributed by atoms with Gasteiger partial charge in [0.25, 0.3) is 0 Å². The number of aromatic nitrogens is 3. The maximum Gasteiger partial charge on any atom is 0.0916 e. The number of benzene rings is 1. The summed E-state index contributed by atoms with van der Waals surface area (Å²) in [5.41, 5.74) is 8.60. The van der Waals surface area contributed by atoms with Crippen LogP contribution in [-0.4, -0.2) is 15.0 Å². The maximum absolute atomic E-state index is 6.14. The minimum Gasteiger partial charge on any atom is -0.318 e. The van der Waals surface area contributed by atoms with Crippen LogP contribution in [0.5, 0.6) is 0 Å². The molecule has 0 aliphatic heterocycles. The topological polar surface area (TPSA) is 64.7 Å². The van der Waals surface area contributed by atoms with Gasteiger partial charge in [0.05, 0.1) is 29.1 Å². The van der Waals surface area contributed by atoms with Crippen LogP contribution in [0.25, 0.3) is 10.9 Å². The van der Waals surface area contributed by atoms with E-state index in [-0.39, 0.29) is 6.04 Å². The summed E-state index contributed by atoms with van der Waals surface area (Å²) in [4.78, 5) is 12.8. The maximum atomic E-state index is 6.14. The van der Waals surface area contributed by atoms with Crippen molar-refractivity contribution in [1.29, 1.82) is 0 Å². The highest BCUT2D eigenvalue weighted by Crippen LogP contribution is 2.18. The van der Waals surface area contributed by atoms with Crippen LogP contribution in [0.15, 0.2) is 55.0 Å². The number of nitrogens with zero attached hydrogens (tertiary/aromatic N) is 3. The fraction of sp³-hybridized carbons (Fsp3) is 0.0714. The predicted octanol–water partition coefficient (Wildman–Crippen LogP) is 2.07. The number of hydrogen-bond acceptors (Lipinski definition) is 4. The van der Waals surface area contributed by atoms with E-state index in [2.05, 4.69) is 15.0 Å². The van der Waals surface area contributed by atoms with Crippen molar-refractivity contribution in [3.8, 4) is 0 Å². The quantitative estimate of drug-likeness (QED) is 0.739. The van der Waals surface area contributed by atoms with Gasteiger partial charge in [-0.2, -0.15) is 0 Å². The van der Waals surface area contributed by atoms with Crippen molar-refractivity contribution in [2.75, 3.05) is 0 Å². The van der Waals surface area contributed by atoms with E-state index in [9.17, 15) is 0 Å². The van der Waals surface area contributed by atoms with E-state index in [1.54, 1.807) is 18.6 Å². The normalized spacial score (nSPS) is 12.5. The molecule has 18 heavy (non-hydrogen) atoms. The molecule has 0 aliphatic rings. The SMILES string of the molecule is NC(c1cnccn1)c1ccc2ccccc2n1. The first kappa shape index (κ1) is 10.8. The smallest absolute Gasteiger partial charge is 0.0916 e. The standard InChI is InChI=1S/C14H12N4/c15-14(13-9-16-7-8-17-13)12-6-5-10-3-1-2-4-11(10)18-12/h1-9,14H,15H2. The van der Waals surface area contributed by atoms with Crippen molar-refractivity contribution < 1.29 is 0 Å². The van der Waals surface area contributed by atoms with Crippen molar-refractivity contribution in [2.45, 2.75) is 6.04 Å². The van der Waals surface area contributed by atoms with Crippen molar-refractivity contribution in [3.63, 3.8) is 0 Å². The van der Waals surface area contributed by atoms with E-state index in [1.807, 2.05) is 36.4 Å². The summed E-state index contributed by atoms with van der Waals surface area (Å²) in [6.07, 6.45) is 4.93. The third-order valence-electron chi connectivity index (χ3n) is 2.84. The molecule has 0 aliphatic carbocycles. The summed E-state index contributed by atoms with van der Waals surface area (Å²) in [6, 6.07) is 11.6. The molecule has 2 aromatic heterocycles. The third-order valence-corrected chi connectivity index (χ3v) is 2.84. The zero-order valence-electron chi connectivity index (χ0n) is 9.69. The van der Waals surface area contributed by atoms with E-state index in [0.717, 1.165) is 22.3 Å². The minimum atomic E-state index is -0.344. The summed E-state index contributed by atoms with van der Waals surface area (Å²) in [6.45, 7) is 0. The van der Waals surface area contributed by atoms with Crippen LogP contribution in [0.4, 0.5) is 0 Å². The first-order valence-corrected chi connectivity index (χ1v) is 5.72. The van der Waals surface area contributed by atoms with E-state index in [0.29, 0.717) is 0 Å². The Kier molecular flexibility index (Phi) is 2.70. The molecule has 3 rings (SSSR count). The third kappa shape index (κ3) is 1.94. The van der Waals surface area contributed by atoms with Crippen molar-refractivity contribution in [2.24, 2.45) is 5.73 Å². The van der Waals surface area contributed by atoms with Gasteiger partial charge in [0, 0.05) is 17.8 Å². The van der Waals surface area contributed by atoms with Crippen molar-refractivity contribution in [3.05, 3.63) is 66.4 Å². The molecule has 0 radical (unpaired) electrons. The van der Waals surface area contributed by atoms with Crippen molar-refractivity contribution in [1.82, 2.24) is 15.0 Å². The molecule has 2 N–H and O–H groups in total. The zero-order chi connectivity index (χ0) is 12.4. The second-order valence-electron chi connectivity index (χ2n) is 4.04. The van der Waals surface area contributed by atoms with Gasteiger partial charge in [0.2, 0.25) is 0 Å². The first-order chi connectivity index (χ1) is 8.84. The molecule has 4 nitrogen and oxygen atoms in total. The van der Waals surface area contributed by atoms with Crippen LogP contribution in [0.3, 0.4) is 0 Å². The molecule has 1 unspecified atom stereocenters. The molecule has 0 amide bonds. The first-order valence-electron chi connectivity index (χ1n) is 5.72. The van der Waals surface area contributed by atoms with Crippen LogP contribution >= 0.6 is 0 Å². The fourth-order valence-corrected chi connectivity index (χ4v) is 1.88. The Morgan fingerprint density at radius 2 is 1.83 bits per heavy atom. The van der Waals surface area contributed by atoms with E-state index >= 15 is 0 Å². The molecule has 0 saturated heterocycles. The Labute approximate surface area is 105 Å². The van der Waals surface area contributed by atoms with Crippen LogP contribution in [0.2, 0.25) is 0 Å². The lowest BCUT2D eigenvalue weighted by Crippen LogP contribution is -2.15. The Morgan fingerprint density at radius 1 is 0.944 bits per heavy atom. The minimum absolute atomic E-state index is 0.344. The monoisotopic (exact) mass is 236 g/mol. The molecule has 2 heterocycles. The molecule has 88 valence electrons. The van der Waals surface area contributed by atoms with Gasteiger partial charge in [-0.3, -0.25) is 15.0 Å². The average molecular weight is 236 g/mol. The van der Waals surface area contributed by atoms with Gasteiger partial charge in [-0.15, -0.1) is 0 Å². The van der Waals surface area contributed by atoms with Crippen LogP contribution in [-0.2, 0) is 0 Å². The number of hydrogen-bond donors (Lipinski definition) is 1. The van der Waals surface area contributed by atoms with Crippen LogP contribution in [0.1, 0.15) is 17.4 Å². The molecular formula is C14H12N4. The number of fused-ring (bicyclic) bond motifs is 1. The Hall–Kier alpha value is -2.33. The van der Waals surface area contributed by atoms with Gasteiger partial charge >= 0.3 is 0 Å². The van der Waals surface area contributed by atoms with Gasteiger partial charge in [0.1, 0.15) is 0 Å². The average Bonchev–Trinajstić information content (AvgIpc) is 2.47. The van der Waals surface area contributed by atoms with E-state index in [1.165, 1.54) is 0 Å². The van der Waals surface area contributed by atoms with Gasteiger partial charge in [-0.1, -0.05) is 24.3 Å². The predicted molar refractivity (Wildman–Crippen MR) is 69.8 cm³/mol. The Balaban J connectivity index is 2.04. The number of rotatable bonds is 2.